The molecule has 2 amide bonds. The molecule has 0 unspecified atom stereocenters. The molecule has 0 heterocycles. The molecule has 3 aromatic carbocycles. The van der Waals surface area contributed by atoms with Gasteiger partial charge in [-0.05, 0) is 48.2 Å². The van der Waals surface area contributed by atoms with Gasteiger partial charge in [0.25, 0.3) is 5.69 Å². The molecule has 3 aromatic rings. The summed E-state index contributed by atoms with van der Waals surface area (Å²) < 4.78 is 5.51. The second-order valence-corrected chi connectivity index (χ2v) is 8.33. The number of hydrogen-bond donors (Lipinski definition) is 2. The van der Waals surface area contributed by atoms with E-state index in [0.717, 1.165) is 22.3 Å². The highest BCUT2D eigenvalue weighted by molar-refractivity contribution is 5.99. The predicted molar refractivity (Wildman–Crippen MR) is 124 cm³/mol. The number of non-ortho nitro benzene ring substituents is 1. The Hall–Kier alpha value is -4.20. The Morgan fingerprint density at radius 3 is 2.03 bits per heavy atom. The van der Waals surface area contributed by atoms with Crippen molar-refractivity contribution in [2.75, 3.05) is 11.9 Å². The van der Waals surface area contributed by atoms with Crippen LogP contribution in [0.5, 0.6) is 0 Å². The van der Waals surface area contributed by atoms with Gasteiger partial charge in [0.2, 0.25) is 5.91 Å². The number of nitro benzene ring substituents is 1. The summed E-state index contributed by atoms with van der Waals surface area (Å²) in [5, 5.41) is 16.0. The lowest BCUT2D eigenvalue weighted by Crippen LogP contribution is -2.52. The number of nitrogens with one attached hydrogen (secondary N) is 2. The molecule has 0 radical (unpaired) electrons. The summed E-state index contributed by atoms with van der Waals surface area (Å²) in [6.07, 6.45) is -0.708. The lowest BCUT2D eigenvalue weighted by atomic mass is 9.98. The summed E-state index contributed by atoms with van der Waals surface area (Å²) in [4.78, 5) is 35.4. The molecule has 0 saturated heterocycles. The summed E-state index contributed by atoms with van der Waals surface area (Å²) in [5.41, 5.74) is 3.49. The van der Waals surface area contributed by atoms with Crippen molar-refractivity contribution in [1.82, 2.24) is 5.32 Å². The van der Waals surface area contributed by atoms with Crippen LogP contribution in [0.2, 0.25) is 0 Å². The molecule has 33 heavy (non-hydrogen) atoms. The van der Waals surface area contributed by atoms with E-state index in [1.807, 2.05) is 36.4 Å². The average molecular weight is 445 g/mol. The SMILES string of the molecule is CC(C)(NC(=O)OCC1c2ccccc2-c2ccccc21)C(=O)Nc1ccc([N+](=O)[O-])cc1. The van der Waals surface area contributed by atoms with Crippen molar-refractivity contribution in [2.45, 2.75) is 25.3 Å². The van der Waals surface area contributed by atoms with Gasteiger partial charge >= 0.3 is 6.09 Å². The summed E-state index contributed by atoms with van der Waals surface area (Å²) in [5.74, 6) is -0.565. The maximum atomic E-state index is 12.7. The Morgan fingerprint density at radius 1 is 0.939 bits per heavy atom. The minimum absolute atomic E-state index is 0.0796. The summed E-state index contributed by atoms with van der Waals surface area (Å²) >= 11 is 0. The number of benzene rings is 3. The van der Waals surface area contributed by atoms with E-state index in [1.54, 1.807) is 13.8 Å². The van der Waals surface area contributed by atoms with Gasteiger partial charge in [0.15, 0.2) is 0 Å². The number of carbonyl (C=O) groups is 2. The molecular weight excluding hydrogens is 422 g/mol. The van der Waals surface area contributed by atoms with E-state index in [0.29, 0.717) is 5.69 Å². The number of alkyl carbamates (subject to hydrolysis) is 1. The zero-order valence-electron chi connectivity index (χ0n) is 18.2. The summed E-state index contributed by atoms with van der Waals surface area (Å²) in [6, 6.07) is 21.5. The number of nitro groups is 1. The molecule has 4 rings (SSSR count). The second-order valence-electron chi connectivity index (χ2n) is 8.33. The van der Waals surface area contributed by atoms with E-state index in [1.165, 1.54) is 24.3 Å². The Morgan fingerprint density at radius 2 is 1.48 bits per heavy atom. The van der Waals surface area contributed by atoms with Crippen molar-refractivity contribution in [3.8, 4) is 11.1 Å². The standard InChI is InChI=1S/C25H23N3O5/c1-25(2,23(29)26-16-11-13-17(14-12-16)28(31)32)27-24(30)33-15-22-20-9-5-3-7-18(20)19-8-4-6-10-21(19)22/h3-14,22H,15H2,1-2H3,(H,26,29)(H,27,30). The average Bonchev–Trinajstić information content (AvgIpc) is 3.11. The lowest BCUT2D eigenvalue weighted by molar-refractivity contribution is -0.384. The van der Waals surface area contributed by atoms with Gasteiger partial charge in [0, 0.05) is 23.7 Å². The molecule has 0 aromatic heterocycles. The molecule has 1 aliphatic rings. The molecule has 0 bridgehead atoms. The molecule has 0 aliphatic heterocycles. The van der Waals surface area contributed by atoms with Crippen molar-refractivity contribution in [3.05, 3.63) is 94.0 Å². The third kappa shape index (κ3) is 4.55. The first-order valence-electron chi connectivity index (χ1n) is 10.5. The fourth-order valence-electron chi connectivity index (χ4n) is 3.90. The third-order valence-corrected chi connectivity index (χ3v) is 5.66. The maximum absolute atomic E-state index is 12.7. The lowest BCUT2D eigenvalue weighted by Gasteiger charge is -2.25. The molecule has 2 N–H and O–H groups in total. The molecule has 8 heteroatoms. The van der Waals surface area contributed by atoms with Crippen LogP contribution in [0.25, 0.3) is 11.1 Å². The first-order chi connectivity index (χ1) is 15.8. The fourth-order valence-corrected chi connectivity index (χ4v) is 3.90. The highest BCUT2D eigenvalue weighted by Gasteiger charge is 2.32. The number of rotatable bonds is 6. The normalized spacial score (nSPS) is 12.4. The number of nitrogens with zero attached hydrogens (tertiary/aromatic N) is 1. The van der Waals surface area contributed by atoms with Gasteiger partial charge in [0.05, 0.1) is 4.92 Å². The summed E-state index contributed by atoms with van der Waals surface area (Å²) in [7, 11) is 0. The zero-order valence-corrected chi connectivity index (χ0v) is 18.2. The van der Waals surface area contributed by atoms with Gasteiger partial charge in [-0.2, -0.15) is 0 Å². The Balaban J connectivity index is 1.38. The smallest absolute Gasteiger partial charge is 0.408 e. The molecular formula is C25H23N3O5. The number of fused-ring (bicyclic) bond motifs is 3. The van der Waals surface area contributed by atoms with E-state index in [9.17, 15) is 19.7 Å². The van der Waals surface area contributed by atoms with Crippen molar-refractivity contribution < 1.29 is 19.2 Å². The van der Waals surface area contributed by atoms with E-state index < -0.39 is 22.5 Å². The van der Waals surface area contributed by atoms with Crippen LogP contribution in [0.4, 0.5) is 16.2 Å². The van der Waals surface area contributed by atoms with E-state index in [-0.39, 0.29) is 18.2 Å². The Labute approximate surface area is 190 Å². The Kier molecular flexibility index (Phi) is 5.83. The van der Waals surface area contributed by atoms with Crippen LogP contribution >= 0.6 is 0 Å². The predicted octanol–water partition coefficient (Wildman–Crippen LogP) is 4.85. The van der Waals surface area contributed by atoms with E-state index in [2.05, 4.69) is 22.8 Å². The first kappa shape index (κ1) is 22.0. The summed E-state index contributed by atoms with van der Waals surface area (Å²) in [6.45, 7) is 3.24. The van der Waals surface area contributed by atoms with Gasteiger partial charge in [-0.1, -0.05) is 48.5 Å². The molecule has 168 valence electrons. The fraction of sp³-hybridized carbons (Fsp3) is 0.200. The second kappa shape index (κ2) is 8.74. The number of amides is 2. The molecule has 1 aliphatic carbocycles. The van der Waals surface area contributed by atoms with Crippen LogP contribution in [0, 0.1) is 10.1 Å². The molecule has 8 nitrogen and oxygen atoms in total. The quantitative estimate of drug-likeness (QED) is 0.416. The molecule has 0 spiro atoms. The minimum atomic E-state index is -1.27. The van der Waals surface area contributed by atoms with Gasteiger partial charge in [-0.25, -0.2) is 4.79 Å². The number of hydrogen-bond acceptors (Lipinski definition) is 5. The number of anilines is 1. The monoisotopic (exact) mass is 445 g/mol. The molecule has 0 fully saturated rings. The van der Waals surface area contributed by atoms with E-state index in [4.69, 9.17) is 4.74 Å². The topological polar surface area (TPSA) is 111 Å². The molecule has 0 saturated carbocycles. The number of ether oxygens (including phenoxy) is 1. The minimum Gasteiger partial charge on any atom is -0.449 e. The third-order valence-electron chi connectivity index (χ3n) is 5.66. The van der Waals surface area contributed by atoms with Crippen LogP contribution < -0.4 is 10.6 Å². The van der Waals surface area contributed by atoms with Gasteiger partial charge in [0.1, 0.15) is 12.1 Å². The molecule has 0 atom stereocenters. The van der Waals surface area contributed by atoms with Crippen LogP contribution in [0.15, 0.2) is 72.8 Å². The van der Waals surface area contributed by atoms with Gasteiger partial charge in [-0.3, -0.25) is 14.9 Å². The van der Waals surface area contributed by atoms with Crippen LogP contribution in [0.3, 0.4) is 0 Å². The van der Waals surface area contributed by atoms with Crippen molar-refractivity contribution >= 4 is 23.4 Å². The number of carbonyl (C=O) groups excluding carboxylic acids is 2. The van der Waals surface area contributed by atoms with E-state index >= 15 is 0 Å². The van der Waals surface area contributed by atoms with Crippen molar-refractivity contribution in [3.63, 3.8) is 0 Å². The van der Waals surface area contributed by atoms with Crippen molar-refractivity contribution in [1.29, 1.82) is 0 Å². The van der Waals surface area contributed by atoms with Crippen LogP contribution in [-0.4, -0.2) is 29.1 Å². The maximum Gasteiger partial charge on any atom is 0.408 e. The highest BCUT2D eigenvalue weighted by Crippen LogP contribution is 2.44. The largest absolute Gasteiger partial charge is 0.449 e. The van der Waals surface area contributed by atoms with Crippen LogP contribution in [0.1, 0.15) is 30.9 Å². The van der Waals surface area contributed by atoms with Crippen LogP contribution in [-0.2, 0) is 9.53 Å². The van der Waals surface area contributed by atoms with Crippen molar-refractivity contribution in [2.24, 2.45) is 0 Å². The van der Waals surface area contributed by atoms with Gasteiger partial charge in [-0.15, -0.1) is 0 Å². The highest BCUT2D eigenvalue weighted by atomic mass is 16.6. The Bertz CT molecular complexity index is 1180. The van der Waals surface area contributed by atoms with Gasteiger partial charge < -0.3 is 15.4 Å². The first-order valence-corrected chi connectivity index (χ1v) is 10.5. The zero-order chi connectivity index (χ0) is 23.6.